The number of carbonyl (C=O) groups excluding carboxylic acids is 1. The SMILES string of the molecule is NC(=O)c1cc2ccccc2n1-c1ccc2cnccc2c1. The molecule has 4 rings (SSSR count). The Morgan fingerprint density at radius 3 is 2.68 bits per heavy atom. The van der Waals surface area contributed by atoms with Gasteiger partial charge >= 0.3 is 0 Å². The van der Waals surface area contributed by atoms with Gasteiger partial charge in [0.05, 0.1) is 5.52 Å². The van der Waals surface area contributed by atoms with E-state index in [4.69, 9.17) is 5.73 Å². The molecule has 2 N–H and O–H groups in total. The molecular formula is C18H13N3O. The second-order valence-electron chi connectivity index (χ2n) is 5.20. The number of rotatable bonds is 2. The Kier molecular flexibility index (Phi) is 2.69. The smallest absolute Gasteiger partial charge is 0.265 e. The Labute approximate surface area is 126 Å². The molecular weight excluding hydrogens is 274 g/mol. The molecule has 2 aromatic carbocycles. The van der Waals surface area contributed by atoms with Crippen molar-refractivity contribution < 1.29 is 4.79 Å². The van der Waals surface area contributed by atoms with Crippen molar-refractivity contribution in [1.82, 2.24) is 9.55 Å². The lowest BCUT2D eigenvalue weighted by Gasteiger charge is -2.10. The van der Waals surface area contributed by atoms with E-state index in [0.29, 0.717) is 5.69 Å². The molecule has 0 bridgehead atoms. The van der Waals surface area contributed by atoms with Gasteiger partial charge in [0, 0.05) is 28.9 Å². The first-order valence-electron chi connectivity index (χ1n) is 6.98. The highest BCUT2D eigenvalue weighted by Gasteiger charge is 2.14. The van der Waals surface area contributed by atoms with E-state index < -0.39 is 5.91 Å². The molecule has 0 unspecified atom stereocenters. The highest BCUT2D eigenvalue weighted by molar-refractivity contribution is 5.99. The zero-order chi connectivity index (χ0) is 15.1. The van der Waals surface area contributed by atoms with Gasteiger partial charge in [0.15, 0.2) is 0 Å². The fourth-order valence-corrected chi connectivity index (χ4v) is 2.82. The molecule has 0 fully saturated rings. The van der Waals surface area contributed by atoms with Crippen molar-refractivity contribution in [3.05, 3.63) is 72.7 Å². The Balaban J connectivity index is 2.06. The molecule has 2 heterocycles. The first-order chi connectivity index (χ1) is 10.7. The first-order valence-corrected chi connectivity index (χ1v) is 6.98. The summed E-state index contributed by atoms with van der Waals surface area (Å²) in [6, 6.07) is 17.7. The van der Waals surface area contributed by atoms with Crippen molar-refractivity contribution >= 4 is 27.6 Å². The van der Waals surface area contributed by atoms with E-state index in [1.165, 1.54) is 0 Å². The molecule has 4 aromatic rings. The Hall–Kier alpha value is -3.14. The van der Waals surface area contributed by atoms with Crippen LogP contribution in [-0.2, 0) is 0 Å². The summed E-state index contributed by atoms with van der Waals surface area (Å²) in [5.74, 6) is -0.439. The summed E-state index contributed by atoms with van der Waals surface area (Å²) in [5, 5.41) is 3.12. The quantitative estimate of drug-likeness (QED) is 0.615. The Bertz CT molecular complexity index is 1020. The van der Waals surface area contributed by atoms with Crippen molar-refractivity contribution in [2.75, 3.05) is 0 Å². The molecule has 106 valence electrons. The molecule has 0 spiro atoms. The third-order valence-electron chi connectivity index (χ3n) is 3.85. The predicted molar refractivity (Wildman–Crippen MR) is 87.1 cm³/mol. The van der Waals surface area contributed by atoms with Crippen molar-refractivity contribution in [1.29, 1.82) is 0 Å². The second kappa shape index (κ2) is 4.70. The average Bonchev–Trinajstić information content (AvgIpc) is 2.94. The van der Waals surface area contributed by atoms with Gasteiger partial charge in [-0.05, 0) is 35.7 Å². The summed E-state index contributed by atoms with van der Waals surface area (Å²) >= 11 is 0. The normalized spacial score (nSPS) is 11.1. The number of nitrogens with zero attached hydrogens (tertiary/aromatic N) is 2. The summed E-state index contributed by atoms with van der Waals surface area (Å²) in [4.78, 5) is 15.9. The number of fused-ring (bicyclic) bond motifs is 2. The van der Waals surface area contributed by atoms with Gasteiger partial charge in [-0.25, -0.2) is 0 Å². The molecule has 0 aliphatic heterocycles. The fraction of sp³-hybridized carbons (Fsp3) is 0. The second-order valence-corrected chi connectivity index (χ2v) is 5.20. The number of hydrogen-bond acceptors (Lipinski definition) is 2. The summed E-state index contributed by atoms with van der Waals surface area (Å²) in [7, 11) is 0. The molecule has 22 heavy (non-hydrogen) atoms. The van der Waals surface area contributed by atoms with E-state index in [9.17, 15) is 4.79 Å². The lowest BCUT2D eigenvalue weighted by atomic mass is 10.1. The number of nitrogens with two attached hydrogens (primary N) is 1. The molecule has 0 aliphatic rings. The number of primary amides is 1. The highest BCUT2D eigenvalue weighted by atomic mass is 16.1. The topological polar surface area (TPSA) is 60.9 Å². The predicted octanol–water partition coefficient (Wildman–Crippen LogP) is 3.28. The minimum Gasteiger partial charge on any atom is -0.364 e. The van der Waals surface area contributed by atoms with Crippen LogP contribution >= 0.6 is 0 Å². The largest absolute Gasteiger partial charge is 0.364 e. The van der Waals surface area contributed by atoms with E-state index >= 15 is 0 Å². The minimum absolute atomic E-state index is 0.439. The van der Waals surface area contributed by atoms with Crippen LogP contribution in [-0.4, -0.2) is 15.5 Å². The lowest BCUT2D eigenvalue weighted by molar-refractivity contribution is 0.0994. The van der Waals surface area contributed by atoms with Crippen LogP contribution < -0.4 is 5.73 Å². The van der Waals surface area contributed by atoms with E-state index in [1.54, 1.807) is 6.20 Å². The third kappa shape index (κ3) is 1.85. The van der Waals surface area contributed by atoms with Crippen molar-refractivity contribution in [3.63, 3.8) is 0 Å². The highest BCUT2D eigenvalue weighted by Crippen LogP contribution is 2.26. The van der Waals surface area contributed by atoms with Gasteiger partial charge in [-0.15, -0.1) is 0 Å². The first kappa shape index (κ1) is 12.6. The molecule has 4 nitrogen and oxygen atoms in total. The maximum Gasteiger partial charge on any atom is 0.265 e. The standard InChI is InChI=1S/C18H13N3O/c19-18(22)17-10-13-3-1-2-4-16(13)21(17)15-6-5-14-11-20-8-7-12(14)9-15/h1-11H,(H2,19,22). The van der Waals surface area contributed by atoms with Crippen LogP contribution in [0.2, 0.25) is 0 Å². The van der Waals surface area contributed by atoms with Gasteiger partial charge in [-0.1, -0.05) is 24.3 Å². The fourth-order valence-electron chi connectivity index (χ4n) is 2.82. The minimum atomic E-state index is -0.439. The zero-order valence-electron chi connectivity index (χ0n) is 11.7. The molecule has 4 heteroatoms. The number of carbonyl (C=O) groups is 1. The van der Waals surface area contributed by atoms with Gasteiger partial charge in [-0.3, -0.25) is 9.78 Å². The molecule has 0 radical (unpaired) electrons. The van der Waals surface area contributed by atoms with Gasteiger partial charge in [0.1, 0.15) is 5.69 Å². The lowest BCUT2D eigenvalue weighted by Crippen LogP contribution is -2.15. The number of pyridine rings is 1. The van der Waals surface area contributed by atoms with Crippen LogP contribution in [0.15, 0.2) is 67.0 Å². The van der Waals surface area contributed by atoms with Gasteiger partial charge in [-0.2, -0.15) is 0 Å². The van der Waals surface area contributed by atoms with E-state index in [1.807, 2.05) is 65.4 Å². The van der Waals surface area contributed by atoms with Crippen LogP contribution in [0, 0.1) is 0 Å². The zero-order valence-corrected chi connectivity index (χ0v) is 11.7. The van der Waals surface area contributed by atoms with E-state index in [2.05, 4.69) is 4.98 Å². The number of amides is 1. The molecule has 0 atom stereocenters. The van der Waals surface area contributed by atoms with Crippen molar-refractivity contribution in [2.24, 2.45) is 5.73 Å². The van der Waals surface area contributed by atoms with Crippen molar-refractivity contribution in [2.45, 2.75) is 0 Å². The molecule has 0 saturated heterocycles. The summed E-state index contributed by atoms with van der Waals surface area (Å²) in [6.45, 7) is 0. The van der Waals surface area contributed by atoms with Crippen LogP contribution in [0.25, 0.3) is 27.4 Å². The van der Waals surface area contributed by atoms with Gasteiger partial charge in [0.25, 0.3) is 5.91 Å². The maximum atomic E-state index is 11.8. The Morgan fingerprint density at radius 1 is 0.955 bits per heavy atom. The monoisotopic (exact) mass is 287 g/mol. The molecule has 0 saturated carbocycles. The van der Waals surface area contributed by atoms with Crippen LogP contribution in [0.4, 0.5) is 0 Å². The van der Waals surface area contributed by atoms with E-state index in [0.717, 1.165) is 27.4 Å². The maximum absolute atomic E-state index is 11.8. The number of aromatic nitrogens is 2. The summed E-state index contributed by atoms with van der Waals surface area (Å²) < 4.78 is 1.90. The van der Waals surface area contributed by atoms with Crippen LogP contribution in [0.5, 0.6) is 0 Å². The summed E-state index contributed by atoms with van der Waals surface area (Å²) in [6.07, 6.45) is 3.58. The molecule has 2 aromatic heterocycles. The van der Waals surface area contributed by atoms with Gasteiger partial charge < -0.3 is 10.3 Å². The van der Waals surface area contributed by atoms with Gasteiger partial charge in [0.2, 0.25) is 0 Å². The van der Waals surface area contributed by atoms with E-state index in [-0.39, 0.29) is 0 Å². The molecule has 0 aliphatic carbocycles. The number of benzene rings is 2. The average molecular weight is 287 g/mol. The van der Waals surface area contributed by atoms with Crippen LogP contribution in [0.3, 0.4) is 0 Å². The summed E-state index contributed by atoms with van der Waals surface area (Å²) in [5.41, 5.74) is 7.91. The molecule has 1 amide bonds. The number of hydrogen-bond donors (Lipinski definition) is 1. The van der Waals surface area contributed by atoms with Crippen molar-refractivity contribution in [3.8, 4) is 5.69 Å². The number of para-hydroxylation sites is 1. The van der Waals surface area contributed by atoms with Crippen LogP contribution in [0.1, 0.15) is 10.5 Å². The Morgan fingerprint density at radius 2 is 1.82 bits per heavy atom. The third-order valence-corrected chi connectivity index (χ3v) is 3.85.